The molecule has 5 aromatic rings. The third kappa shape index (κ3) is 11.2. The molecule has 3 aliphatic rings. The number of carbonyl (C=O) groups is 3. The first-order chi connectivity index (χ1) is 31.7. The lowest BCUT2D eigenvalue weighted by Gasteiger charge is -2.47. The number of β-amino-alcohol motifs (C(OH)–C–C–N with tert-alkyl or cyclic N) is 2. The number of rotatable bonds is 13. The van der Waals surface area contributed by atoms with E-state index >= 15 is 0 Å². The first-order valence-electron chi connectivity index (χ1n) is 20.6. The van der Waals surface area contributed by atoms with Crippen LogP contribution in [-0.4, -0.2) is 98.9 Å². The van der Waals surface area contributed by atoms with Gasteiger partial charge in [-0.05, 0) is 143 Å². The van der Waals surface area contributed by atoms with Crippen LogP contribution in [0.3, 0.4) is 0 Å². The Kier molecular flexibility index (Phi) is 14.9. The molecule has 21 heteroatoms. The number of amides is 2. The molecule has 67 heavy (non-hydrogen) atoms. The van der Waals surface area contributed by atoms with Gasteiger partial charge in [-0.15, -0.1) is 0 Å². The van der Waals surface area contributed by atoms with Gasteiger partial charge >= 0.3 is 5.97 Å². The maximum absolute atomic E-state index is 14.6. The summed E-state index contributed by atoms with van der Waals surface area (Å²) in [4.78, 5) is 40.2. The Morgan fingerprint density at radius 3 is 1.43 bits per heavy atom. The molecule has 2 amide bonds. The molecule has 2 heterocycles. The summed E-state index contributed by atoms with van der Waals surface area (Å²) >= 11 is 3.82. The van der Waals surface area contributed by atoms with Gasteiger partial charge in [-0.25, -0.2) is 30.7 Å². The van der Waals surface area contributed by atoms with Crippen LogP contribution in [0.2, 0.25) is 0 Å². The zero-order chi connectivity index (χ0) is 48.4. The molecule has 1 aliphatic carbocycles. The summed E-state index contributed by atoms with van der Waals surface area (Å²) in [5, 5.41) is 41.8. The standard InChI is InChI=1S/C23H18F4IN3O2.C23H23F3IN3O4/c24-13-1-4-15(5-2-13)29-10-23(33)11-31(12-23)22(32)16-6-7-17(25)20(27)21(16)30-19-8-3-14(28)9-18(19)26;24-15-5-4-14(19(18(15)26)29-17-6-3-13(27)9-16(17)25)20(31)30-11-22(34,12-30)10-28-23(21(32)33)7-1-2-8-23/h1-9,29-30,33H,10-12H2;3-6,9,28-29,34H,1-2,7-8,10-12H2,(H,32,33). The lowest BCUT2D eigenvalue weighted by molar-refractivity contribution is -0.146. The molecular weight excluding hydrogens is 1120 g/mol. The molecule has 0 bridgehead atoms. The van der Waals surface area contributed by atoms with E-state index in [0.29, 0.717) is 25.7 Å². The molecule has 0 radical (unpaired) electrons. The van der Waals surface area contributed by atoms with Crippen LogP contribution in [0.1, 0.15) is 46.4 Å². The van der Waals surface area contributed by atoms with Crippen molar-refractivity contribution in [2.45, 2.75) is 42.4 Å². The van der Waals surface area contributed by atoms with E-state index in [1.165, 1.54) is 58.3 Å². The number of nitrogens with zero attached hydrogens (tertiary/aromatic N) is 2. The largest absolute Gasteiger partial charge is 0.480 e. The van der Waals surface area contributed by atoms with Crippen LogP contribution in [0.25, 0.3) is 0 Å². The summed E-state index contributed by atoms with van der Waals surface area (Å²) < 4.78 is 99.8. The summed E-state index contributed by atoms with van der Waals surface area (Å²) in [5.41, 5.74) is -4.74. The van der Waals surface area contributed by atoms with Gasteiger partial charge in [-0.1, -0.05) is 12.8 Å². The number of likely N-dealkylation sites (tertiary alicyclic amines) is 2. The van der Waals surface area contributed by atoms with Gasteiger partial charge in [0.15, 0.2) is 23.3 Å². The lowest BCUT2D eigenvalue weighted by atomic mass is 9.90. The average Bonchev–Trinajstić information content (AvgIpc) is 3.76. The fourth-order valence-corrected chi connectivity index (χ4v) is 8.85. The summed E-state index contributed by atoms with van der Waals surface area (Å²) in [5.74, 6) is -9.10. The van der Waals surface area contributed by atoms with Crippen LogP contribution in [0.15, 0.2) is 84.9 Å². The van der Waals surface area contributed by atoms with E-state index in [-0.39, 0.29) is 67.6 Å². The van der Waals surface area contributed by atoms with Gasteiger partial charge in [0.05, 0.1) is 60.1 Å². The van der Waals surface area contributed by atoms with E-state index in [1.54, 1.807) is 12.1 Å². The third-order valence-corrected chi connectivity index (χ3v) is 13.0. The minimum Gasteiger partial charge on any atom is -0.480 e. The topological polar surface area (TPSA) is 167 Å². The van der Waals surface area contributed by atoms with E-state index in [4.69, 9.17) is 0 Å². The van der Waals surface area contributed by atoms with E-state index in [9.17, 15) is 60.4 Å². The number of hydrogen-bond acceptors (Lipinski definition) is 9. The van der Waals surface area contributed by atoms with Crippen LogP contribution >= 0.6 is 45.2 Å². The number of halogens is 9. The Hall–Kier alpha value is -5.24. The van der Waals surface area contributed by atoms with Crippen molar-refractivity contribution in [3.8, 4) is 0 Å². The zero-order valence-corrected chi connectivity index (χ0v) is 39.3. The Morgan fingerprint density at radius 2 is 1.01 bits per heavy atom. The van der Waals surface area contributed by atoms with Gasteiger partial charge in [-0.2, -0.15) is 0 Å². The molecule has 2 aliphatic heterocycles. The Morgan fingerprint density at radius 1 is 0.582 bits per heavy atom. The van der Waals surface area contributed by atoms with Crippen molar-refractivity contribution in [3.63, 3.8) is 0 Å². The highest BCUT2D eigenvalue weighted by Crippen LogP contribution is 2.35. The number of anilines is 5. The molecule has 5 aromatic carbocycles. The second kappa shape index (κ2) is 20.2. The quantitative estimate of drug-likeness (QED) is 0.0449. The highest BCUT2D eigenvalue weighted by molar-refractivity contribution is 14.1. The fraction of sp³-hybridized carbons (Fsp3) is 0.283. The smallest absolute Gasteiger partial charge is 0.323 e. The monoisotopic (exact) mass is 1160 g/mol. The maximum atomic E-state index is 14.6. The second-order valence-corrected chi connectivity index (χ2v) is 19.1. The van der Waals surface area contributed by atoms with Crippen molar-refractivity contribution >= 4 is 91.4 Å². The Balaban J connectivity index is 0.000000199. The predicted molar refractivity (Wildman–Crippen MR) is 251 cm³/mol. The van der Waals surface area contributed by atoms with Crippen molar-refractivity contribution in [1.29, 1.82) is 0 Å². The highest BCUT2D eigenvalue weighted by atomic mass is 127. The molecule has 0 aromatic heterocycles. The lowest BCUT2D eigenvalue weighted by Crippen LogP contribution is -2.69. The number of carboxylic acid groups (broad SMARTS) is 1. The minimum absolute atomic E-state index is 0.0279. The van der Waals surface area contributed by atoms with Crippen molar-refractivity contribution in [3.05, 3.63) is 144 Å². The fourth-order valence-electron chi connectivity index (χ4n) is 7.95. The predicted octanol–water partition coefficient (Wildman–Crippen LogP) is 8.52. The highest BCUT2D eigenvalue weighted by Gasteiger charge is 2.49. The van der Waals surface area contributed by atoms with Gasteiger partial charge in [0.1, 0.15) is 34.2 Å². The molecule has 3 fully saturated rings. The van der Waals surface area contributed by atoms with E-state index in [0.717, 1.165) is 37.1 Å². The number of hydrogen-bond donors (Lipinski definition) is 7. The van der Waals surface area contributed by atoms with Crippen LogP contribution in [-0.2, 0) is 4.79 Å². The van der Waals surface area contributed by atoms with Crippen LogP contribution in [0.4, 0.5) is 59.2 Å². The van der Waals surface area contributed by atoms with Crippen molar-refractivity contribution in [2.24, 2.45) is 0 Å². The van der Waals surface area contributed by atoms with Crippen LogP contribution in [0, 0.1) is 47.9 Å². The van der Waals surface area contributed by atoms with E-state index < -0.39 is 80.8 Å². The summed E-state index contributed by atoms with van der Waals surface area (Å²) in [7, 11) is 0. The molecule has 7 N–H and O–H groups in total. The molecule has 8 rings (SSSR count). The van der Waals surface area contributed by atoms with Crippen LogP contribution in [0.5, 0.6) is 0 Å². The second-order valence-electron chi connectivity index (χ2n) is 16.6. The van der Waals surface area contributed by atoms with Gasteiger partial charge < -0.3 is 41.1 Å². The zero-order valence-electron chi connectivity index (χ0n) is 35.0. The molecule has 0 unspecified atom stereocenters. The van der Waals surface area contributed by atoms with E-state index in [2.05, 4.69) is 21.3 Å². The molecule has 12 nitrogen and oxygen atoms in total. The summed E-state index contributed by atoms with van der Waals surface area (Å²) in [6.45, 7) is -0.290. The number of benzene rings is 5. The van der Waals surface area contributed by atoms with E-state index in [1.807, 2.05) is 45.2 Å². The van der Waals surface area contributed by atoms with Gasteiger partial charge in [0.25, 0.3) is 11.8 Å². The SMILES string of the molecule is O=C(c1ccc(F)c(F)c1Nc1ccc(I)cc1F)N1CC(O)(CNC2(C(=O)O)CCCC2)C1.O=C(c1ccc(F)c(F)c1Nc1ccc(I)cc1F)N1CC(O)(CNc2ccc(F)cc2)C1. The molecule has 354 valence electrons. The maximum Gasteiger partial charge on any atom is 0.323 e. The third-order valence-electron chi connectivity index (χ3n) is 11.6. The molecule has 0 atom stereocenters. The molecule has 1 saturated carbocycles. The molecule has 0 spiro atoms. The summed E-state index contributed by atoms with van der Waals surface area (Å²) in [6.07, 6.45) is 2.46. The number of aliphatic carboxylic acids is 1. The van der Waals surface area contributed by atoms with Gasteiger partial charge in [-0.3, -0.25) is 19.7 Å². The first kappa shape index (κ1) is 49.7. The summed E-state index contributed by atoms with van der Waals surface area (Å²) in [6, 6.07) is 17.7. The first-order valence-corrected chi connectivity index (χ1v) is 22.8. The Labute approximate surface area is 406 Å². The number of carboxylic acids is 1. The normalized spacial score (nSPS) is 16.5. The van der Waals surface area contributed by atoms with Crippen molar-refractivity contribution in [1.82, 2.24) is 15.1 Å². The van der Waals surface area contributed by atoms with Crippen molar-refractivity contribution in [2.75, 3.05) is 55.2 Å². The molecule has 2 saturated heterocycles. The van der Waals surface area contributed by atoms with Crippen LogP contribution < -0.4 is 21.3 Å². The van der Waals surface area contributed by atoms with Gasteiger partial charge in [0.2, 0.25) is 0 Å². The molecular formula is C46H41F7I2N6O6. The van der Waals surface area contributed by atoms with Gasteiger partial charge in [0, 0.05) is 25.9 Å². The number of aliphatic hydroxyl groups is 2. The minimum atomic E-state index is -1.35. The number of nitrogens with one attached hydrogen (secondary N) is 4. The Bertz CT molecular complexity index is 2700. The average molecular weight is 1160 g/mol. The number of carbonyl (C=O) groups excluding carboxylic acids is 2. The van der Waals surface area contributed by atoms with Crippen molar-refractivity contribution < 1.29 is 60.4 Å².